The summed E-state index contributed by atoms with van der Waals surface area (Å²) in [6, 6.07) is 0. The average Bonchev–Trinajstić information content (AvgIpc) is 2.86. The summed E-state index contributed by atoms with van der Waals surface area (Å²) in [5, 5.41) is 10.9. The SMILES string of the molecule is CCC1O[C@H](OC2[C@@H](OC)OC(CC)[C@@H](C)[C@@H]2C)C(O[C@@H]2OC(CC)[C@@H](C)[C@H](O)C2C)[C@@H](C)[C@@H]1C. The predicted octanol–water partition coefficient (Wildman–Crippen LogP) is 4.99. The van der Waals surface area contributed by atoms with Crippen LogP contribution in [0.3, 0.4) is 0 Å². The Labute approximate surface area is 213 Å². The molecule has 3 aliphatic heterocycles. The van der Waals surface area contributed by atoms with Crippen LogP contribution < -0.4 is 0 Å². The van der Waals surface area contributed by atoms with Gasteiger partial charge in [-0.3, -0.25) is 0 Å². The molecule has 0 bridgehead atoms. The highest BCUT2D eigenvalue weighted by Crippen LogP contribution is 2.41. The van der Waals surface area contributed by atoms with E-state index in [0.29, 0.717) is 11.8 Å². The van der Waals surface area contributed by atoms with Crippen molar-refractivity contribution in [2.45, 2.75) is 137 Å². The fourth-order valence-corrected chi connectivity index (χ4v) is 6.34. The minimum absolute atomic E-state index is 0.0392. The van der Waals surface area contributed by atoms with Crippen LogP contribution in [0.1, 0.15) is 81.6 Å². The molecule has 0 aromatic rings. The summed E-state index contributed by atoms with van der Waals surface area (Å²) in [7, 11) is 1.68. The van der Waals surface area contributed by atoms with Gasteiger partial charge >= 0.3 is 0 Å². The third-order valence-corrected chi connectivity index (χ3v) is 9.45. The quantitative estimate of drug-likeness (QED) is 0.503. The Bertz CT molecular complexity index is 643. The molecule has 0 spiro atoms. The zero-order valence-corrected chi connectivity index (χ0v) is 23.7. The molecule has 7 heteroatoms. The summed E-state index contributed by atoms with van der Waals surface area (Å²) in [6.45, 7) is 19.3. The van der Waals surface area contributed by atoms with Crippen molar-refractivity contribution in [3.63, 3.8) is 0 Å². The first kappa shape index (κ1) is 29.3. The van der Waals surface area contributed by atoms with Crippen molar-refractivity contribution in [2.75, 3.05) is 7.11 Å². The van der Waals surface area contributed by atoms with Gasteiger partial charge in [-0.25, -0.2) is 0 Å². The molecule has 7 nitrogen and oxygen atoms in total. The highest BCUT2D eigenvalue weighted by Gasteiger charge is 2.50. The maximum atomic E-state index is 10.9. The van der Waals surface area contributed by atoms with E-state index in [-0.39, 0.29) is 54.2 Å². The molecule has 0 aromatic carbocycles. The lowest BCUT2D eigenvalue weighted by Crippen LogP contribution is -2.59. The number of ether oxygens (including phenoxy) is 6. The average molecular weight is 501 g/mol. The van der Waals surface area contributed by atoms with Crippen molar-refractivity contribution in [3.8, 4) is 0 Å². The van der Waals surface area contributed by atoms with Gasteiger partial charge in [-0.05, 0) is 42.9 Å². The largest absolute Gasteiger partial charge is 0.392 e. The standard InChI is InChI=1S/C28H52O7/c1-11-20-14(4)16(6)24(27(30-10)32-20)35-28-25(17(7)15(5)21(12-2)33-28)34-26-19(9)23(29)18(8)22(13-3)31-26/h14-29H,11-13H2,1-10H3/t14-,15-,16-,17-,18+,19?,20?,21?,22?,23-,24?,25?,26-,27-,28+/m0/s1. The van der Waals surface area contributed by atoms with Crippen LogP contribution in [0.5, 0.6) is 0 Å². The molecule has 206 valence electrons. The van der Waals surface area contributed by atoms with E-state index in [0.717, 1.165) is 19.3 Å². The van der Waals surface area contributed by atoms with Crippen LogP contribution in [-0.2, 0) is 28.4 Å². The summed E-state index contributed by atoms with van der Waals surface area (Å²) in [5.41, 5.74) is 0. The molecule has 3 rings (SSSR count). The zero-order chi connectivity index (χ0) is 26.0. The Kier molecular flexibility index (Phi) is 10.5. The lowest BCUT2D eigenvalue weighted by atomic mass is 9.81. The van der Waals surface area contributed by atoms with Crippen molar-refractivity contribution in [3.05, 3.63) is 0 Å². The van der Waals surface area contributed by atoms with Gasteiger partial charge in [-0.1, -0.05) is 62.3 Å². The van der Waals surface area contributed by atoms with Gasteiger partial charge in [0.15, 0.2) is 18.9 Å². The number of rotatable bonds is 8. The molecule has 3 fully saturated rings. The van der Waals surface area contributed by atoms with Gasteiger partial charge in [-0.15, -0.1) is 0 Å². The Morgan fingerprint density at radius 3 is 1.43 bits per heavy atom. The third-order valence-electron chi connectivity index (χ3n) is 9.45. The van der Waals surface area contributed by atoms with Crippen LogP contribution in [0.4, 0.5) is 0 Å². The van der Waals surface area contributed by atoms with E-state index >= 15 is 0 Å². The molecule has 6 unspecified atom stereocenters. The fourth-order valence-electron chi connectivity index (χ4n) is 6.34. The van der Waals surface area contributed by atoms with Crippen molar-refractivity contribution in [2.24, 2.45) is 35.5 Å². The summed E-state index contributed by atoms with van der Waals surface area (Å²) >= 11 is 0. The number of aliphatic hydroxyl groups is 1. The zero-order valence-electron chi connectivity index (χ0n) is 23.7. The molecule has 0 saturated carbocycles. The summed E-state index contributed by atoms with van der Waals surface area (Å²) in [4.78, 5) is 0. The van der Waals surface area contributed by atoms with E-state index in [1.165, 1.54) is 0 Å². The van der Waals surface area contributed by atoms with Crippen LogP contribution in [0.25, 0.3) is 0 Å². The molecular weight excluding hydrogens is 448 g/mol. The van der Waals surface area contributed by atoms with Crippen molar-refractivity contribution in [1.82, 2.24) is 0 Å². The first-order valence-corrected chi connectivity index (χ1v) is 14.1. The van der Waals surface area contributed by atoms with Gasteiger partial charge in [0.05, 0.1) is 24.4 Å². The second kappa shape index (κ2) is 12.5. The van der Waals surface area contributed by atoms with Gasteiger partial charge in [0.2, 0.25) is 0 Å². The van der Waals surface area contributed by atoms with Crippen LogP contribution in [-0.4, -0.2) is 67.7 Å². The van der Waals surface area contributed by atoms with Gasteiger partial charge < -0.3 is 33.5 Å². The lowest BCUT2D eigenvalue weighted by molar-refractivity contribution is -0.370. The van der Waals surface area contributed by atoms with Crippen molar-refractivity contribution in [1.29, 1.82) is 0 Å². The molecular formula is C28H52O7. The van der Waals surface area contributed by atoms with Crippen molar-refractivity contribution < 1.29 is 33.5 Å². The van der Waals surface area contributed by atoms with Crippen LogP contribution in [0.2, 0.25) is 0 Å². The van der Waals surface area contributed by atoms with Crippen molar-refractivity contribution >= 4 is 0 Å². The van der Waals surface area contributed by atoms with E-state index in [1.807, 2.05) is 6.92 Å². The molecule has 3 heterocycles. The second-order valence-electron chi connectivity index (χ2n) is 11.4. The number of aliphatic hydroxyl groups excluding tert-OH is 1. The van der Waals surface area contributed by atoms with Crippen LogP contribution in [0, 0.1) is 35.5 Å². The van der Waals surface area contributed by atoms with E-state index in [4.69, 9.17) is 28.4 Å². The fraction of sp³-hybridized carbons (Fsp3) is 1.00. The highest BCUT2D eigenvalue weighted by atomic mass is 16.8. The Morgan fingerprint density at radius 1 is 0.543 bits per heavy atom. The maximum Gasteiger partial charge on any atom is 0.185 e. The normalized spacial score (nSPS) is 51.3. The number of methoxy groups -OCH3 is 1. The van der Waals surface area contributed by atoms with E-state index in [2.05, 4.69) is 55.4 Å². The summed E-state index contributed by atoms with van der Waals surface area (Å²) in [6.07, 6.45) is 0.232. The second-order valence-corrected chi connectivity index (χ2v) is 11.4. The topological polar surface area (TPSA) is 75.6 Å². The molecule has 1 N–H and O–H groups in total. The third kappa shape index (κ3) is 5.92. The van der Waals surface area contributed by atoms with Crippen LogP contribution in [0.15, 0.2) is 0 Å². The van der Waals surface area contributed by atoms with E-state index in [1.54, 1.807) is 7.11 Å². The molecule has 0 aromatic heterocycles. The predicted molar refractivity (Wildman–Crippen MR) is 135 cm³/mol. The lowest BCUT2D eigenvalue weighted by Gasteiger charge is -2.50. The minimum Gasteiger partial charge on any atom is -0.392 e. The summed E-state index contributed by atoms with van der Waals surface area (Å²) in [5.74, 6) is 0.981. The van der Waals surface area contributed by atoms with Gasteiger partial charge in [-0.2, -0.15) is 0 Å². The molecule has 3 saturated heterocycles. The Balaban J connectivity index is 1.84. The monoisotopic (exact) mass is 500 g/mol. The minimum atomic E-state index is -0.572. The molecule has 35 heavy (non-hydrogen) atoms. The van der Waals surface area contributed by atoms with Crippen LogP contribution >= 0.6 is 0 Å². The Hall–Kier alpha value is -0.280. The summed E-state index contributed by atoms with van der Waals surface area (Å²) < 4.78 is 38.4. The molecule has 3 aliphatic rings. The molecule has 15 atom stereocenters. The molecule has 0 aliphatic carbocycles. The molecule has 0 amide bonds. The van der Waals surface area contributed by atoms with Gasteiger partial charge in [0.25, 0.3) is 0 Å². The van der Waals surface area contributed by atoms with Gasteiger partial charge in [0.1, 0.15) is 12.2 Å². The smallest absolute Gasteiger partial charge is 0.185 e. The molecule has 0 radical (unpaired) electrons. The maximum absolute atomic E-state index is 10.9. The highest BCUT2D eigenvalue weighted by molar-refractivity contribution is 4.91. The number of hydrogen-bond acceptors (Lipinski definition) is 7. The Morgan fingerprint density at radius 2 is 0.943 bits per heavy atom. The van der Waals surface area contributed by atoms with E-state index < -0.39 is 25.0 Å². The first-order chi connectivity index (χ1) is 16.6. The first-order valence-electron chi connectivity index (χ1n) is 14.1. The number of hydrogen-bond donors (Lipinski definition) is 1. The van der Waals surface area contributed by atoms with E-state index in [9.17, 15) is 5.11 Å². The van der Waals surface area contributed by atoms with Gasteiger partial charge in [0, 0.05) is 18.9 Å².